The van der Waals surface area contributed by atoms with Crippen molar-refractivity contribution in [3.8, 4) is 0 Å². The number of benzene rings is 1. The van der Waals surface area contributed by atoms with Gasteiger partial charge in [0.25, 0.3) is 0 Å². The van der Waals surface area contributed by atoms with Crippen LogP contribution in [0.4, 0.5) is 10.1 Å². The number of aliphatic imine (C=N–C) groups is 1. The quantitative estimate of drug-likeness (QED) is 0.529. The Morgan fingerprint density at radius 2 is 1.97 bits per heavy atom. The molecule has 0 unspecified atom stereocenters. The molecule has 2 aliphatic rings. The van der Waals surface area contributed by atoms with Crippen molar-refractivity contribution in [1.29, 1.82) is 0 Å². The van der Waals surface area contributed by atoms with Crippen LogP contribution in [0, 0.1) is 12.4 Å². The lowest BCUT2D eigenvalue weighted by Crippen LogP contribution is -2.62. The summed E-state index contributed by atoms with van der Waals surface area (Å²) in [6.07, 6.45) is 1.97. The van der Waals surface area contributed by atoms with Crippen LogP contribution in [-0.4, -0.2) is 60.6 Å². The van der Waals surface area contributed by atoms with Gasteiger partial charge in [0.15, 0.2) is 15.6 Å². The number of ketones is 1. The summed E-state index contributed by atoms with van der Waals surface area (Å²) in [7, 11) is -1.80. The van der Waals surface area contributed by atoms with Gasteiger partial charge in [0.05, 0.1) is 12.3 Å². The van der Waals surface area contributed by atoms with Crippen molar-refractivity contribution in [2.75, 3.05) is 25.9 Å². The fourth-order valence-electron chi connectivity index (χ4n) is 4.74. The zero-order valence-corrected chi connectivity index (χ0v) is 19.9. The number of halogens is 1. The fourth-order valence-corrected chi connectivity index (χ4v) is 7.15. The average Bonchev–Trinajstić information content (AvgIpc) is 2.79. The predicted molar refractivity (Wildman–Crippen MR) is 127 cm³/mol. The monoisotopic (exact) mass is 483 g/mol. The maximum absolute atomic E-state index is 15.0. The van der Waals surface area contributed by atoms with Crippen molar-refractivity contribution < 1.29 is 17.6 Å². The van der Waals surface area contributed by atoms with Crippen molar-refractivity contribution in [1.82, 2.24) is 9.88 Å². The lowest BCUT2D eigenvalue weighted by molar-refractivity contribution is 0.0988. The van der Waals surface area contributed by atoms with Gasteiger partial charge < -0.3 is 10.6 Å². The average molecular weight is 484 g/mol. The molecule has 178 valence electrons. The first-order valence-corrected chi connectivity index (χ1v) is 12.6. The van der Waals surface area contributed by atoms with Gasteiger partial charge in [-0.15, -0.1) is 0 Å². The number of Topliss-reactive ketones (excluding diaryl/α,β-unsaturated/α-hetero) is 1. The maximum atomic E-state index is 15.0. The molecule has 0 radical (unpaired) electrons. The minimum Gasteiger partial charge on any atom is -0.386 e. The Balaban J connectivity index is 1.66. The highest BCUT2D eigenvalue weighted by atomic mass is 32.2. The summed E-state index contributed by atoms with van der Waals surface area (Å²) in [6, 6.07) is 7.17. The second kappa shape index (κ2) is 8.56. The lowest BCUT2D eigenvalue weighted by Gasteiger charge is -2.45. The number of amidine groups is 1. The third kappa shape index (κ3) is 4.10. The molecule has 1 aromatic carbocycles. The molecule has 1 spiro atoms. The molecule has 2 aromatic rings. The van der Waals surface area contributed by atoms with E-state index in [4.69, 9.17) is 12.3 Å². The highest BCUT2D eigenvalue weighted by Crippen LogP contribution is 2.42. The van der Waals surface area contributed by atoms with E-state index in [0.29, 0.717) is 37.2 Å². The van der Waals surface area contributed by atoms with Crippen LogP contribution in [0.25, 0.3) is 4.85 Å². The molecule has 1 atom stereocenters. The minimum absolute atomic E-state index is 0.0272. The first-order valence-electron chi connectivity index (χ1n) is 10.9. The SMILES string of the molecule is [C-]#[N+]c1ccc(C(=O)Cc2ccc(F)c([C@]3(C)CS(=O)(=O)C4(CCN(C)CC4)C(N)=N3)c2)nc1. The molecular formula is C24H26FN5O3S. The summed E-state index contributed by atoms with van der Waals surface area (Å²) in [6.45, 7) is 9.71. The van der Waals surface area contributed by atoms with E-state index in [9.17, 15) is 17.6 Å². The molecule has 0 aliphatic carbocycles. The topological polar surface area (TPSA) is 110 Å². The molecule has 2 N–H and O–H groups in total. The van der Waals surface area contributed by atoms with Gasteiger partial charge in [0, 0.05) is 18.2 Å². The highest BCUT2D eigenvalue weighted by Gasteiger charge is 2.55. The Bertz CT molecular complexity index is 1310. The molecule has 3 heterocycles. The molecule has 10 heteroatoms. The van der Waals surface area contributed by atoms with Crippen molar-refractivity contribution in [3.05, 3.63) is 70.6 Å². The van der Waals surface area contributed by atoms with Crippen LogP contribution < -0.4 is 5.73 Å². The molecule has 8 nitrogen and oxygen atoms in total. The van der Waals surface area contributed by atoms with Crippen LogP contribution in [-0.2, 0) is 21.8 Å². The number of likely N-dealkylation sites (tertiary alicyclic amines) is 1. The fraction of sp³-hybridized carbons (Fsp3) is 0.417. The highest BCUT2D eigenvalue weighted by molar-refractivity contribution is 7.93. The first-order chi connectivity index (χ1) is 16.0. The Labute approximate surface area is 198 Å². The summed E-state index contributed by atoms with van der Waals surface area (Å²) in [5.74, 6) is -1.24. The van der Waals surface area contributed by atoms with Crippen LogP contribution in [0.1, 0.15) is 41.4 Å². The van der Waals surface area contributed by atoms with E-state index < -0.39 is 25.9 Å². The number of nitrogens with zero attached hydrogens (tertiary/aromatic N) is 4. The van der Waals surface area contributed by atoms with Gasteiger partial charge in [0.1, 0.15) is 27.6 Å². The van der Waals surface area contributed by atoms with Gasteiger partial charge in [-0.1, -0.05) is 12.1 Å². The Hall–Kier alpha value is -3.16. The molecule has 0 saturated carbocycles. The summed E-state index contributed by atoms with van der Waals surface area (Å²) in [5.41, 5.74) is 5.99. The predicted octanol–water partition coefficient (Wildman–Crippen LogP) is 2.66. The Morgan fingerprint density at radius 3 is 2.56 bits per heavy atom. The third-order valence-electron chi connectivity index (χ3n) is 6.83. The molecule has 2 aliphatic heterocycles. The number of carbonyl (C=O) groups excluding carboxylic acids is 1. The largest absolute Gasteiger partial charge is 0.386 e. The maximum Gasteiger partial charge on any atom is 0.205 e. The van der Waals surface area contributed by atoms with E-state index >= 15 is 0 Å². The van der Waals surface area contributed by atoms with Gasteiger partial charge in [-0.25, -0.2) is 17.7 Å². The van der Waals surface area contributed by atoms with Crippen LogP contribution in [0.2, 0.25) is 0 Å². The second-order valence-electron chi connectivity index (χ2n) is 9.26. The van der Waals surface area contributed by atoms with Crippen LogP contribution in [0.5, 0.6) is 0 Å². The number of piperidine rings is 1. The zero-order chi connectivity index (χ0) is 24.7. The smallest absolute Gasteiger partial charge is 0.205 e. The van der Waals surface area contributed by atoms with Crippen LogP contribution in [0.15, 0.2) is 41.5 Å². The van der Waals surface area contributed by atoms with E-state index in [0.717, 1.165) is 0 Å². The number of hydrogen-bond acceptors (Lipinski definition) is 7. The number of pyridine rings is 1. The van der Waals surface area contributed by atoms with Gasteiger partial charge >= 0.3 is 0 Å². The molecule has 0 bridgehead atoms. The number of hydrogen-bond donors (Lipinski definition) is 1. The summed E-state index contributed by atoms with van der Waals surface area (Å²) < 4.78 is 40.7. The number of carbonyl (C=O) groups is 1. The summed E-state index contributed by atoms with van der Waals surface area (Å²) in [5, 5.41) is 0. The van der Waals surface area contributed by atoms with Gasteiger partial charge in [-0.3, -0.25) is 14.8 Å². The van der Waals surface area contributed by atoms with E-state index in [2.05, 4.69) is 14.8 Å². The van der Waals surface area contributed by atoms with Crippen molar-refractivity contribution in [2.24, 2.45) is 10.7 Å². The molecule has 1 saturated heterocycles. The third-order valence-corrected chi connectivity index (χ3v) is 9.58. The number of aromatic nitrogens is 1. The first kappa shape index (κ1) is 24.0. The van der Waals surface area contributed by atoms with Crippen LogP contribution >= 0.6 is 0 Å². The lowest BCUT2D eigenvalue weighted by atomic mass is 9.89. The van der Waals surface area contributed by atoms with E-state index in [-0.39, 0.29) is 35.0 Å². The second-order valence-corrected chi connectivity index (χ2v) is 11.6. The van der Waals surface area contributed by atoms with Crippen molar-refractivity contribution >= 4 is 27.1 Å². The van der Waals surface area contributed by atoms with Gasteiger partial charge in [-0.2, -0.15) is 0 Å². The Kier molecular flexibility index (Phi) is 6.04. The van der Waals surface area contributed by atoms with Crippen LogP contribution in [0.3, 0.4) is 0 Å². The summed E-state index contributed by atoms with van der Waals surface area (Å²) in [4.78, 5) is 26.6. The number of sulfone groups is 1. The normalized spacial score (nSPS) is 23.8. The van der Waals surface area contributed by atoms with E-state index in [1.165, 1.54) is 36.5 Å². The number of rotatable bonds is 4. The van der Waals surface area contributed by atoms with Gasteiger partial charge in [0.2, 0.25) is 5.69 Å². The van der Waals surface area contributed by atoms with Crippen molar-refractivity contribution in [3.63, 3.8) is 0 Å². The minimum atomic E-state index is -3.73. The molecule has 4 rings (SSSR count). The molecule has 34 heavy (non-hydrogen) atoms. The molecule has 1 aromatic heterocycles. The molecular weight excluding hydrogens is 457 g/mol. The van der Waals surface area contributed by atoms with E-state index in [1.54, 1.807) is 6.92 Å². The standard InChI is InChI=1S/C24H26FN5O3S/c1-23(15-34(32,33)24(22(26)29-23)8-10-30(3)11-9-24)18-12-16(4-6-19(18)25)13-21(31)20-7-5-17(27-2)14-28-20/h4-7,12,14H,8-11,13,15H2,1,3H3,(H2,26,29)/t23-/m0/s1. The van der Waals surface area contributed by atoms with Gasteiger partial charge in [-0.05, 0) is 63.7 Å². The van der Waals surface area contributed by atoms with E-state index in [1.807, 2.05) is 11.9 Å². The summed E-state index contributed by atoms with van der Waals surface area (Å²) >= 11 is 0. The molecule has 0 amide bonds. The zero-order valence-electron chi connectivity index (χ0n) is 19.1. The number of nitrogens with two attached hydrogens (primary N) is 1. The Morgan fingerprint density at radius 1 is 1.26 bits per heavy atom. The molecule has 1 fully saturated rings. The van der Waals surface area contributed by atoms with Crippen molar-refractivity contribution in [2.45, 2.75) is 36.5 Å².